The van der Waals surface area contributed by atoms with Gasteiger partial charge in [-0.2, -0.15) is 0 Å². The van der Waals surface area contributed by atoms with Crippen molar-refractivity contribution in [3.63, 3.8) is 0 Å². The van der Waals surface area contributed by atoms with Gasteiger partial charge < -0.3 is 14.8 Å². The minimum atomic E-state index is -0.706. The van der Waals surface area contributed by atoms with Crippen molar-refractivity contribution >= 4 is 12.1 Å². The van der Waals surface area contributed by atoms with Crippen LogP contribution in [0.15, 0.2) is 0 Å². The third-order valence-electron chi connectivity index (χ3n) is 0.958. The number of amides is 1. The van der Waals surface area contributed by atoms with Gasteiger partial charge in [0, 0.05) is 6.92 Å². The Morgan fingerprint density at radius 3 is 2.50 bits per heavy atom. The minimum Gasteiger partial charge on any atom is -0.435 e. The normalized spacial score (nSPS) is 8.83. The van der Waals surface area contributed by atoms with Crippen LogP contribution in [0, 0.1) is 0 Å². The highest BCUT2D eigenvalue weighted by Gasteiger charge is 2.00. The highest BCUT2D eigenvalue weighted by molar-refractivity contribution is 5.72. The van der Waals surface area contributed by atoms with E-state index in [-0.39, 0.29) is 12.5 Å². The predicted octanol–water partition coefficient (Wildman–Crippen LogP) is 0.296. The fourth-order valence-corrected chi connectivity index (χ4v) is 0.521. The van der Waals surface area contributed by atoms with E-state index in [9.17, 15) is 9.59 Å². The van der Waals surface area contributed by atoms with Gasteiger partial charge in [0.05, 0.1) is 13.2 Å². The molecule has 0 bridgehead atoms. The molecule has 0 saturated carbocycles. The molecule has 0 unspecified atom stereocenters. The van der Waals surface area contributed by atoms with Gasteiger partial charge in [0.1, 0.15) is 6.61 Å². The molecule has 0 atom stereocenters. The summed E-state index contributed by atoms with van der Waals surface area (Å²) >= 11 is 0. The maximum atomic E-state index is 10.5. The molecule has 5 heteroatoms. The number of rotatable bonds is 4. The van der Waals surface area contributed by atoms with Crippen LogP contribution in [-0.2, 0) is 14.3 Å². The van der Waals surface area contributed by atoms with Crippen molar-refractivity contribution < 1.29 is 19.1 Å². The second-order valence-electron chi connectivity index (χ2n) is 2.01. The maximum Gasteiger partial charge on any atom is 0.508 e. The zero-order valence-corrected chi connectivity index (χ0v) is 7.25. The maximum absolute atomic E-state index is 10.5. The number of carbonyl (C=O) groups excluding carboxylic acids is 2. The highest BCUT2D eigenvalue weighted by atomic mass is 16.7. The molecule has 0 rings (SSSR count). The summed E-state index contributed by atoms with van der Waals surface area (Å²) in [6.07, 6.45) is -0.706. The Morgan fingerprint density at radius 1 is 1.33 bits per heavy atom. The Balaban J connectivity index is 3.19. The van der Waals surface area contributed by atoms with Crippen molar-refractivity contribution in [2.75, 3.05) is 19.8 Å². The van der Waals surface area contributed by atoms with Gasteiger partial charge in [0.25, 0.3) is 0 Å². The third-order valence-corrected chi connectivity index (χ3v) is 0.958. The molecule has 0 aliphatic carbocycles. The molecule has 0 aromatic heterocycles. The van der Waals surface area contributed by atoms with Gasteiger partial charge in [-0.05, 0) is 6.92 Å². The van der Waals surface area contributed by atoms with Gasteiger partial charge in [-0.15, -0.1) is 0 Å². The summed E-state index contributed by atoms with van der Waals surface area (Å²) in [5.41, 5.74) is 0. The lowest BCUT2D eigenvalue weighted by atomic mass is 10.6. The Kier molecular flexibility index (Phi) is 5.77. The number of hydrogen-bond donors (Lipinski definition) is 1. The molecular weight excluding hydrogens is 162 g/mol. The van der Waals surface area contributed by atoms with Crippen LogP contribution in [0.1, 0.15) is 13.8 Å². The molecule has 0 aliphatic rings. The van der Waals surface area contributed by atoms with Gasteiger partial charge in [-0.25, -0.2) is 4.79 Å². The largest absolute Gasteiger partial charge is 0.508 e. The van der Waals surface area contributed by atoms with Crippen LogP contribution in [0.4, 0.5) is 4.79 Å². The predicted molar refractivity (Wildman–Crippen MR) is 41.7 cm³/mol. The summed E-state index contributed by atoms with van der Waals surface area (Å²) in [4.78, 5) is 20.9. The lowest BCUT2D eigenvalue weighted by Crippen LogP contribution is -2.25. The smallest absolute Gasteiger partial charge is 0.435 e. The van der Waals surface area contributed by atoms with E-state index >= 15 is 0 Å². The van der Waals surface area contributed by atoms with Gasteiger partial charge >= 0.3 is 6.16 Å². The van der Waals surface area contributed by atoms with Crippen LogP contribution in [0.25, 0.3) is 0 Å². The molecule has 1 amide bonds. The highest BCUT2D eigenvalue weighted by Crippen LogP contribution is 1.83. The second kappa shape index (κ2) is 6.45. The third kappa shape index (κ3) is 6.85. The van der Waals surface area contributed by atoms with Crippen molar-refractivity contribution in [1.82, 2.24) is 5.32 Å². The van der Waals surface area contributed by atoms with Crippen molar-refractivity contribution in [1.29, 1.82) is 0 Å². The van der Waals surface area contributed by atoms with Crippen molar-refractivity contribution in [2.45, 2.75) is 13.8 Å². The summed E-state index contributed by atoms with van der Waals surface area (Å²) in [7, 11) is 0. The topological polar surface area (TPSA) is 64.6 Å². The molecule has 70 valence electrons. The molecule has 1 N–H and O–H groups in total. The van der Waals surface area contributed by atoms with Gasteiger partial charge in [0.2, 0.25) is 5.91 Å². The average molecular weight is 175 g/mol. The zero-order chi connectivity index (χ0) is 9.40. The van der Waals surface area contributed by atoms with E-state index in [1.807, 2.05) is 0 Å². The fraction of sp³-hybridized carbons (Fsp3) is 0.714. The Bertz CT molecular complexity index is 157. The summed E-state index contributed by atoms with van der Waals surface area (Å²) in [6.45, 7) is 3.82. The summed E-state index contributed by atoms with van der Waals surface area (Å²) in [5, 5.41) is 2.47. The van der Waals surface area contributed by atoms with Gasteiger partial charge in [-0.3, -0.25) is 4.79 Å². The first-order valence-electron chi connectivity index (χ1n) is 3.70. The number of ether oxygens (including phenoxy) is 2. The fourth-order valence-electron chi connectivity index (χ4n) is 0.521. The van der Waals surface area contributed by atoms with Gasteiger partial charge in [0.15, 0.2) is 0 Å². The summed E-state index contributed by atoms with van der Waals surface area (Å²) < 4.78 is 9.03. The molecule has 0 aromatic rings. The first kappa shape index (κ1) is 10.7. The van der Waals surface area contributed by atoms with Crippen molar-refractivity contribution in [3.05, 3.63) is 0 Å². The molecule has 12 heavy (non-hydrogen) atoms. The van der Waals surface area contributed by atoms with E-state index in [2.05, 4.69) is 14.8 Å². The summed E-state index contributed by atoms with van der Waals surface area (Å²) in [5.74, 6) is -0.151. The molecular formula is C7H13NO4. The van der Waals surface area contributed by atoms with Crippen LogP contribution in [0.3, 0.4) is 0 Å². The van der Waals surface area contributed by atoms with E-state index in [1.54, 1.807) is 6.92 Å². The Morgan fingerprint density at radius 2 is 2.00 bits per heavy atom. The Hall–Kier alpha value is -1.26. The zero-order valence-electron chi connectivity index (χ0n) is 7.25. The van der Waals surface area contributed by atoms with E-state index in [0.717, 1.165) is 0 Å². The van der Waals surface area contributed by atoms with Crippen LogP contribution < -0.4 is 5.32 Å². The molecule has 0 saturated heterocycles. The van der Waals surface area contributed by atoms with E-state index in [4.69, 9.17) is 0 Å². The number of carbonyl (C=O) groups is 2. The molecule has 0 fully saturated rings. The standard InChI is InChI=1S/C7H13NO4/c1-3-11-7(10)12-5-4-8-6(2)9/h3-5H2,1-2H3,(H,8,9). The average Bonchev–Trinajstić information content (AvgIpc) is 1.98. The van der Waals surface area contributed by atoms with E-state index in [1.165, 1.54) is 6.92 Å². The van der Waals surface area contributed by atoms with Crippen LogP contribution >= 0.6 is 0 Å². The minimum absolute atomic E-state index is 0.137. The van der Waals surface area contributed by atoms with Crippen molar-refractivity contribution in [2.24, 2.45) is 0 Å². The first-order valence-corrected chi connectivity index (χ1v) is 3.70. The molecule has 0 heterocycles. The Labute approximate surface area is 71.0 Å². The number of nitrogens with one attached hydrogen (secondary N) is 1. The van der Waals surface area contributed by atoms with E-state index in [0.29, 0.717) is 13.2 Å². The molecule has 0 aliphatic heterocycles. The van der Waals surface area contributed by atoms with E-state index < -0.39 is 6.16 Å². The molecule has 0 radical (unpaired) electrons. The van der Waals surface area contributed by atoms with Crippen LogP contribution in [0.5, 0.6) is 0 Å². The van der Waals surface area contributed by atoms with Gasteiger partial charge in [-0.1, -0.05) is 0 Å². The van der Waals surface area contributed by atoms with Crippen LogP contribution in [-0.4, -0.2) is 31.8 Å². The van der Waals surface area contributed by atoms with Crippen LogP contribution in [0.2, 0.25) is 0 Å². The first-order chi connectivity index (χ1) is 5.66. The number of hydrogen-bond acceptors (Lipinski definition) is 4. The lowest BCUT2D eigenvalue weighted by Gasteiger charge is -2.04. The van der Waals surface area contributed by atoms with Crippen molar-refractivity contribution in [3.8, 4) is 0 Å². The quantitative estimate of drug-likeness (QED) is 0.493. The molecule has 5 nitrogen and oxygen atoms in total. The molecule has 0 aromatic carbocycles. The SMILES string of the molecule is CCOC(=O)OCCNC(C)=O. The molecule has 0 spiro atoms. The second-order valence-corrected chi connectivity index (χ2v) is 2.01. The summed E-state index contributed by atoms with van der Waals surface area (Å²) in [6, 6.07) is 0. The monoisotopic (exact) mass is 175 g/mol. The lowest BCUT2D eigenvalue weighted by molar-refractivity contribution is -0.119.